The van der Waals surface area contributed by atoms with Crippen LogP contribution in [0.25, 0.3) is 0 Å². The average molecular weight is 278 g/mol. The fraction of sp³-hybridized carbons (Fsp3) is 0.812. The van der Waals surface area contributed by atoms with E-state index < -0.39 is 0 Å². The molecule has 2 fully saturated rings. The van der Waals surface area contributed by atoms with Gasteiger partial charge in [-0.2, -0.15) is 0 Å². The minimum absolute atomic E-state index is 0.454. The van der Waals surface area contributed by atoms with E-state index in [1.807, 2.05) is 6.20 Å². The minimum Gasteiger partial charge on any atom is -0.312 e. The zero-order chi connectivity index (χ0) is 13.7. The topological polar surface area (TPSA) is 24.9 Å². The van der Waals surface area contributed by atoms with Gasteiger partial charge in [-0.1, -0.05) is 27.7 Å². The molecule has 1 N–H and O–H groups in total. The number of aromatic nitrogens is 1. The maximum Gasteiger partial charge on any atom is 0.0965 e. The molecular formula is C16H26N2S. The maximum atomic E-state index is 4.44. The van der Waals surface area contributed by atoms with Crippen molar-refractivity contribution in [1.82, 2.24) is 10.3 Å². The summed E-state index contributed by atoms with van der Waals surface area (Å²) in [5.41, 5.74) is 0.979. The van der Waals surface area contributed by atoms with Crippen molar-refractivity contribution in [3.05, 3.63) is 16.6 Å². The lowest BCUT2D eigenvalue weighted by atomic mass is 9.68. The molecule has 1 aromatic rings. The molecule has 0 radical (unpaired) electrons. The fourth-order valence-electron chi connectivity index (χ4n) is 4.67. The molecule has 2 nitrogen and oxygen atoms in total. The third-order valence-corrected chi connectivity index (χ3v) is 6.78. The number of nitrogens with zero attached hydrogens (tertiary/aromatic N) is 1. The molecule has 106 valence electrons. The minimum atomic E-state index is 0.454. The van der Waals surface area contributed by atoms with Gasteiger partial charge < -0.3 is 5.32 Å². The summed E-state index contributed by atoms with van der Waals surface area (Å²) in [7, 11) is 0. The van der Waals surface area contributed by atoms with Crippen molar-refractivity contribution in [3.63, 3.8) is 0 Å². The first kappa shape index (κ1) is 13.6. The Morgan fingerprint density at radius 2 is 2.26 bits per heavy atom. The van der Waals surface area contributed by atoms with E-state index in [0.29, 0.717) is 22.8 Å². The Kier molecular flexibility index (Phi) is 3.25. The summed E-state index contributed by atoms with van der Waals surface area (Å²) in [5, 5.41) is 7.24. The average Bonchev–Trinajstić information content (AvgIpc) is 3.00. The van der Waals surface area contributed by atoms with Gasteiger partial charge in [-0.15, -0.1) is 11.3 Å². The molecule has 0 spiro atoms. The van der Waals surface area contributed by atoms with Gasteiger partial charge >= 0.3 is 0 Å². The molecule has 3 rings (SSSR count). The number of hydrogen-bond donors (Lipinski definition) is 1. The summed E-state index contributed by atoms with van der Waals surface area (Å²) in [4.78, 5) is 4.44. The van der Waals surface area contributed by atoms with Gasteiger partial charge in [0, 0.05) is 30.1 Å². The van der Waals surface area contributed by atoms with E-state index in [4.69, 9.17) is 0 Å². The van der Waals surface area contributed by atoms with Gasteiger partial charge in [0.25, 0.3) is 0 Å². The van der Waals surface area contributed by atoms with E-state index in [2.05, 4.69) is 43.4 Å². The Labute approximate surface area is 121 Å². The molecule has 19 heavy (non-hydrogen) atoms. The summed E-state index contributed by atoms with van der Waals surface area (Å²) in [6.45, 7) is 10.8. The van der Waals surface area contributed by atoms with Crippen LogP contribution in [0.2, 0.25) is 0 Å². The van der Waals surface area contributed by atoms with Crippen LogP contribution in [0.1, 0.15) is 57.9 Å². The first-order chi connectivity index (χ1) is 8.93. The number of thiazole rings is 1. The zero-order valence-electron chi connectivity index (χ0n) is 12.6. The molecular weight excluding hydrogens is 252 g/mol. The van der Waals surface area contributed by atoms with Crippen molar-refractivity contribution in [1.29, 1.82) is 0 Å². The highest BCUT2D eigenvalue weighted by Crippen LogP contribution is 2.62. The highest BCUT2D eigenvalue weighted by atomic mass is 32.1. The van der Waals surface area contributed by atoms with E-state index in [1.165, 1.54) is 24.3 Å². The first-order valence-corrected chi connectivity index (χ1v) is 8.44. The molecule has 4 unspecified atom stereocenters. The Morgan fingerprint density at radius 3 is 2.84 bits per heavy atom. The normalized spacial score (nSPS) is 37.7. The number of fused-ring (bicyclic) bond motifs is 2. The van der Waals surface area contributed by atoms with E-state index >= 15 is 0 Å². The van der Waals surface area contributed by atoms with Crippen LogP contribution < -0.4 is 5.32 Å². The van der Waals surface area contributed by atoms with Crippen molar-refractivity contribution in [3.8, 4) is 0 Å². The molecule has 2 saturated carbocycles. The molecule has 0 aromatic carbocycles. The molecule has 2 aliphatic carbocycles. The van der Waals surface area contributed by atoms with Gasteiger partial charge in [0.05, 0.1) is 5.01 Å². The first-order valence-electron chi connectivity index (χ1n) is 7.56. The largest absolute Gasteiger partial charge is 0.312 e. The van der Waals surface area contributed by atoms with Crippen molar-refractivity contribution in [2.45, 2.75) is 58.9 Å². The molecule has 0 amide bonds. The monoisotopic (exact) mass is 278 g/mol. The molecule has 0 aliphatic heterocycles. The number of hydrogen-bond acceptors (Lipinski definition) is 3. The van der Waals surface area contributed by atoms with Crippen LogP contribution in [0.3, 0.4) is 0 Å². The molecule has 2 aliphatic rings. The molecule has 2 bridgehead atoms. The SMILES string of the molecule is CC(CNC1C2(C)CCC(C2)C1(C)C)c1nccs1. The van der Waals surface area contributed by atoms with Crippen molar-refractivity contribution < 1.29 is 0 Å². The van der Waals surface area contributed by atoms with Gasteiger partial charge in [-0.3, -0.25) is 0 Å². The van der Waals surface area contributed by atoms with Crippen LogP contribution in [-0.2, 0) is 0 Å². The predicted molar refractivity (Wildman–Crippen MR) is 81.5 cm³/mol. The number of nitrogens with one attached hydrogen (secondary N) is 1. The summed E-state index contributed by atoms with van der Waals surface area (Å²) in [6.07, 6.45) is 6.18. The van der Waals surface area contributed by atoms with E-state index in [0.717, 1.165) is 12.5 Å². The summed E-state index contributed by atoms with van der Waals surface area (Å²) in [5.74, 6) is 1.45. The quantitative estimate of drug-likeness (QED) is 0.898. The van der Waals surface area contributed by atoms with Crippen LogP contribution in [0, 0.1) is 16.7 Å². The number of rotatable bonds is 4. The van der Waals surface area contributed by atoms with Crippen LogP contribution in [0.4, 0.5) is 0 Å². The van der Waals surface area contributed by atoms with Gasteiger partial charge in [0.15, 0.2) is 0 Å². The highest BCUT2D eigenvalue weighted by Gasteiger charge is 2.58. The Balaban J connectivity index is 1.67. The maximum absolute atomic E-state index is 4.44. The molecule has 3 heteroatoms. The second kappa shape index (κ2) is 4.56. The van der Waals surface area contributed by atoms with Gasteiger partial charge in [-0.25, -0.2) is 4.98 Å². The summed E-state index contributed by atoms with van der Waals surface area (Å²) >= 11 is 1.78. The molecule has 0 saturated heterocycles. The lowest BCUT2D eigenvalue weighted by molar-refractivity contribution is 0.108. The molecule has 1 aromatic heterocycles. The van der Waals surface area contributed by atoms with Crippen molar-refractivity contribution in [2.24, 2.45) is 16.7 Å². The summed E-state index contributed by atoms with van der Waals surface area (Å²) in [6, 6.07) is 0.668. The van der Waals surface area contributed by atoms with Crippen LogP contribution in [0.5, 0.6) is 0 Å². The second-order valence-corrected chi connectivity index (χ2v) is 8.45. The van der Waals surface area contributed by atoms with Crippen LogP contribution in [0.15, 0.2) is 11.6 Å². The van der Waals surface area contributed by atoms with Crippen LogP contribution >= 0.6 is 11.3 Å². The lowest BCUT2D eigenvalue weighted by Crippen LogP contribution is -2.51. The standard InChI is InChI=1S/C16H26N2S/c1-11(13-17-7-8-19-13)10-18-14-15(2,3)12-5-6-16(14,4)9-12/h7-8,11-12,14,18H,5-6,9-10H2,1-4H3. The Hall–Kier alpha value is -0.410. The third-order valence-electron chi connectivity index (χ3n) is 5.77. The van der Waals surface area contributed by atoms with Gasteiger partial charge in [-0.05, 0) is 36.0 Å². The van der Waals surface area contributed by atoms with Crippen molar-refractivity contribution in [2.75, 3.05) is 6.54 Å². The second-order valence-electron chi connectivity index (χ2n) is 7.53. The molecule has 1 heterocycles. The van der Waals surface area contributed by atoms with E-state index in [1.54, 1.807) is 11.3 Å². The lowest BCUT2D eigenvalue weighted by Gasteiger charge is -2.43. The van der Waals surface area contributed by atoms with Crippen molar-refractivity contribution >= 4 is 11.3 Å². The Bertz CT molecular complexity index is 435. The third kappa shape index (κ3) is 2.15. The van der Waals surface area contributed by atoms with Gasteiger partial charge in [0.2, 0.25) is 0 Å². The fourth-order valence-corrected chi connectivity index (χ4v) is 5.37. The summed E-state index contributed by atoms with van der Waals surface area (Å²) < 4.78 is 0. The van der Waals surface area contributed by atoms with E-state index in [9.17, 15) is 0 Å². The van der Waals surface area contributed by atoms with Gasteiger partial charge in [0.1, 0.15) is 0 Å². The Morgan fingerprint density at radius 1 is 1.47 bits per heavy atom. The highest BCUT2D eigenvalue weighted by molar-refractivity contribution is 7.09. The smallest absolute Gasteiger partial charge is 0.0965 e. The van der Waals surface area contributed by atoms with Crippen LogP contribution in [-0.4, -0.2) is 17.6 Å². The predicted octanol–water partition coefficient (Wildman–Crippen LogP) is 4.05. The van der Waals surface area contributed by atoms with E-state index in [-0.39, 0.29) is 0 Å². The zero-order valence-corrected chi connectivity index (χ0v) is 13.4. The molecule has 4 atom stereocenters.